The first-order valence-electron chi connectivity index (χ1n) is 9.55. The molecular formula is C20H23FN4O3S2. The molecule has 0 radical (unpaired) electrons. The summed E-state index contributed by atoms with van der Waals surface area (Å²) in [5.41, 5.74) is 1.79. The van der Waals surface area contributed by atoms with Gasteiger partial charge in [-0.2, -0.15) is 0 Å². The number of anilines is 1. The predicted molar refractivity (Wildman–Crippen MR) is 116 cm³/mol. The van der Waals surface area contributed by atoms with Gasteiger partial charge in [0.1, 0.15) is 5.82 Å². The molecule has 1 aromatic heterocycles. The van der Waals surface area contributed by atoms with Crippen LogP contribution in [-0.2, 0) is 16.7 Å². The highest BCUT2D eigenvalue weighted by molar-refractivity contribution is 7.89. The number of nitrogens with zero attached hydrogens (tertiary/aromatic N) is 4. The minimum absolute atomic E-state index is 0.189. The van der Waals surface area contributed by atoms with Crippen molar-refractivity contribution in [2.24, 2.45) is 0 Å². The van der Waals surface area contributed by atoms with Crippen molar-refractivity contribution in [2.45, 2.75) is 11.6 Å². The second-order valence-electron chi connectivity index (χ2n) is 7.41. The molecule has 4 rings (SSSR count). The minimum Gasteiger partial charge on any atom is -0.429 e. The summed E-state index contributed by atoms with van der Waals surface area (Å²) < 4.78 is 47.7. The molecule has 0 atom stereocenters. The Hall–Kier alpha value is -2.27. The average molecular weight is 451 g/mol. The summed E-state index contributed by atoms with van der Waals surface area (Å²) in [4.78, 5) is 4.70. The summed E-state index contributed by atoms with van der Waals surface area (Å²) in [6, 6.07) is 11.5. The van der Waals surface area contributed by atoms with E-state index < -0.39 is 10.0 Å². The van der Waals surface area contributed by atoms with Crippen molar-refractivity contribution < 1.29 is 17.2 Å². The molecular weight excluding hydrogens is 427 g/mol. The van der Waals surface area contributed by atoms with Crippen LogP contribution in [0.25, 0.3) is 11.1 Å². The lowest BCUT2D eigenvalue weighted by molar-refractivity contribution is 0.204. The zero-order valence-electron chi connectivity index (χ0n) is 16.8. The maximum atomic E-state index is 14.1. The highest BCUT2D eigenvalue weighted by Gasteiger charge is 2.22. The molecule has 0 unspecified atom stereocenters. The lowest BCUT2D eigenvalue weighted by Crippen LogP contribution is -2.47. The van der Waals surface area contributed by atoms with E-state index in [4.69, 9.17) is 16.6 Å². The number of aromatic nitrogens is 1. The Labute approximate surface area is 180 Å². The van der Waals surface area contributed by atoms with Crippen molar-refractivity contribution in [1.29, 1.82) is 0 Å². The second-order valence-corrected chi connectivity index (χ2v) is 9.91. The van der Waals surface area contributed by atoms with Crippen molar-refractivity contribution in [3.8, 4) is 0 Å². The lowest BCUT2D eigenvalue weighted by atomic mass is 10.2. The van der Waals surface area contributed by atoms with Crippen LogP contribution in [0.1, 0.15) is 0 Å². The minimum atomic E-state index is -3.56. The number of halogens is 1. The number of hydrogen-bond acceptors (Lipinski definition) is 6. The molecule has 0 bridgehead atoms. The Morgan fingerprint density at radius 2 is 1.80 bits per heavy atom. The zero-order valence-corrected chi connectivity index (χ0v) is 18.4. The van der Waals surface area contributed by atoms with Gasteiger partial charge in [0.2, 0.25) is 10.0 Å². The van der Waals surface area contributed by atoms with Gasteiger partial charge in [0.15, 0.2) is 5.58 Å². The van der Waals surface area contributed by atoms with Crippen LogP contribution in [0.15, 0.2) is 51.8 Å². The molecule has 10 heteroatoms. The molecule has 7 nitrogen and oxygen atoms in total. The van der Waals surface area contributed by atoms with Gasteiger partial charge >= 0.3 is 0 Å². The van der Waals surface area contributed by atoms with E-state index >= 15 is 0 Å². The molecule has 1 fully saturated rings. The standard InChI is InChI=1S/C20H23FN4O3S2/c1-22(2)30(26,27)15-7-8-19-18(13-15)25(20(29)28-19)14-23-9-11-24(12-10-23)17-6-4-3-5-16(17)21/h3-8,13H,9-12,14H2,1-2H3. The highest BCUT2D eigenvalue weighted by Crippen LogP contribution is 2.25. The predicted octanol–water partition coefficient (Wildman–Crippen LogP) is 3.13. The van der Waals surface area contributed by atoms with Crippen molar-refractivity contribution in [3.05, 3.63) is 53.1 Å². The van der Waals surface area contributed by atoms with E-state index in [-0.39, 0.29) is 10.7 Å². The first-order chi connectivity index (χ1) is 14.3. The van der Waals surface area contributed by atoms with E-state index in [1.165, 1.54) is 30.5 Å². The molecule has 2 aromatic carbocycles. The number of hydrogen-bond donors (Lipinski definition) is 0. The summed E-state index contributed by atoms with van der Waals surface area (Å²) in [6.45, 7) is 3.29. The Bertz CT molecular complexity index is 1230. The molecule has 30 heavy (non-hydrogen) atoms. The zero-order chi connectivity index (χ0) is 21.5. The third kappa shape index (κ3) is 3.87. The Balaban J connectivity index is 1.55. The molecule has 0 saturated carbocycles. The molecule has 160 valence electrons. The molecule has 0 spiro atoms. The fourth-order valence-electron chi connectivity index (χ4n) is 3.59. The molecule has 1 aliphatic rings. The van der Waals surface area contributed by atoms with Gasteiger partial charge in [-0.1, -0.05) is 12.1 Å². The quantitative estimate of drug-likeness (QED) is 0.557. The highest BCUT2D eigenvalue weighted by atomic mass is 32.2. The summed E-state index contributed by atoms with van der Waals surface area (Å²) in [5.74, 6) is -0.219. The summed E-state index contributed by atoms with van der Waals surface area (Å²) in [7, 11) is -0.569. The van der Waals surface area contributed by atoms with Gasteiger partial charge in [-0.3, -0.25) is 9.47 Å². The number of sulfonamides is 1. The van der Waals surface area contributed by atoms with Gasteiger partial charge in [0.25, 0.3) is 4.84 Å². The van der Waals surface area contributed by atoms with Crippen LogP contribution in [-0.4, -0.2) is 62.5 Å². The molecule has 3 aromatic rings. The van der Waals surface area contributed by atoms with Gasteiger partial charge in [-0.25, -0.2) is 17.1 Å². The Kier molecular flexibility index (Phi) is 5.67. The lowest BCUT2D eigenvalue weighted by Gasteiger charge is -2.36. The molecule has 1 saturated heterocycles. The maximum Gasteiger partial charge on any atom is 0.270 e. The normalized spacial score (nSPS) is 15.9. The number of oxazole rings is 1. The Morgan fingerprint density at radius 1 is 1.10 bits per heavy atom. The van der Waals surface area contributed by atoms with Crippen molar-refractivity contribution >= 4 is 39.0 Å². The van der Waals surface area contributed by atoms with E-state index in [2.05, 4.69) is 4.90 Å². The van der Waals surface area contributed by atoms with Crippen LogP contribution in [0.4, 0.5) is 10.1 Å². The van der Waals surface area contributed by atoms with E-state index in [9.17, 15) is 12.8 Å². The van der Waals surface area contributed by atoms with E-state index in [0.29, 0.717) is 41.4 Å². The van der Waals surface area contributed by atoms with Crippen molar-refractivity contribution in [3.63, 3.8) is 0 Å². The van der Waals surface area contributed by atoms with E-state index in [1.54, 1.807) is 28.8 Å². The molecule has 0 aliphatic carbocycles. The van der Waals surface area contributed by atoms with Crippen LogP contribution >= 0.6 is 12.2 Å². The summed E-state index contributed by atoms with van der Waals surface area (Å²) >= 11 is 5.38. The second kappa shape index (κ2) is 8.10. The van der Waals surface area contributed by atoms with Gasteiger partial charge in [0, 0.05) is 40.3 Å². The van der Waals surface area contributed by atoms with Crippen LogP contribution in [0.2, 0.25) is 0 Å². The molecule has 0 N–H and O–H groups in total. The number of piperazine rings is 1. The molecule has 0 amide bonds. The van der Waals surface area contributed by atoms with Crippen molar-refractivity contribution in [1.82, 2.24) is 13.8 Å². The largest absolute Gasteiger partial charge is 0.429 e. The van der Waals surface area contributed by atoms with Crippen LogP contribution < -0.4 is 4.90 Å². The van der Waals surface area contributed by atoms with Crippen LogP contribution in [0, 0.1) is 10.7 Å². The summed E-state index contributed by atoms with van der Waals surface area (Å²) in [6.07, 6.45) is 0. The van der Waals surface area contributed by atoms with Gasteiger partial charge in [0.05, 0.1) is 22.8 Å². The fraction of sp³-hybridized carbons (Fsp3) is 0.350. The monoisotopic (exact) mass is 450 g/mol. The number of benzene rings is 2. The smallest absolute Gasteiger partial charge is 0.270 e. The maximum absolute atomic E-state index is 14.1. The first-order valence-corrected chi connectivity index (χ1v) is 11.4. The van der Waals surface area contributed by atoms with E-state index in [0.717, 1.165) is 13.1 Å². The Morgan fingerprint density at radius 3 is 2.47 bits per heavy atom. The number of fused-ring (bicyclic) bond motifs is 1. The van der Waals surface area contributed by atoms with Gasteiger partial charge in [-0.05, 0) is 42.5 Å². The topological polar surface area (TPSA) is 61.9 Å². The molecule has 1 aliphatic heterocycles. The third-order valence-electron chi connectivity index (χ3n) is 5.32. The average Bonchev–Trinajstić information content (AvgIpc) is 3.03. The van der Waals surface area contributed by atoms with Crippen LogP contribution in [0.5, 0.6) is 0 Å². The van der Waals surface area contributed by atoms with E-state index in [1.807, 2.05) is 11.0 Å². The fourth-order valence-corrected chi connectivity index (χ4v) is 4.75. The first kappa shape index (κ1) is 21.0. The molecule has 2 heterocycles. The van der Waals surface area contributed by atoms with Gasteiger partial charge in [-0.15, -0.1) is 0 Å². The summed E-state index contributed by atoms with van der Waals surface area (Å²) in [5, 5.41) is 0. The number of rotatable bonds is 5. The van der Waals surface area contributed by atoms with Gasteiger partial charge < -0.3 is 9.32 Å². The van der Waals surface area contributed by atoms with Crippen molar-refractivity contribution in [2.75, 3.05) is 45.2 Å². The van der Waals surface area contributed by atoms with Crippen LogP contribution in [0.3, 0.4) is 0 Å². The third-order valence-corrected chi connectivity index (χ3v) is 7.44. The number of para-hydroxylation sites is 1. The SMILES string of the molecule is CN(C)S(=O)(=O)c1ccc2oc(=S)n(CN3CCN(c4ccccc4F)CC3)c2c1.